The lowest BCUT2D eigenvalue weighted by Crippen LogP contribution is -2.19. The average Bonchev–Trinajstić information content (AvgIpc) is 2.37. The molecule has 0 saturated carbocycles. The number of rotatable bonds is 8. The Morgan fingerprint density at radius 3 is 2.67 bits per heavy atom. The number of thioether (sulfide) groups is 1. The first kappa shape index (κ1) is 15.5. The summed E-state index contributed by atoms with van der Waals surface area (Å²) >= 11 is 1.99. The minimum Gasteiger partial charge on any atom is -0.385 e. The highest BCUT2D eigenvalue weighted by Gasteiger charge is 2.09. The van der Waals surface area contributed by atoms with Gasteiger partial charge in [-0.05, 0) is 49.8 Å². The molecule has 0 aliphatic rings. The lowest BCUT2D eigenvalue weighted by molar-refractivity contribution is 0.200. The highest BCUT2D eigenvalue weighted by molar-refractivity contribution is 7.99. The fourth-order valence-corrected chi connectivity index (χ4v) is 2.92. The smallest absolute Gasteiger partial charge is 0.0470 e. The summed E-state index contributed by atoms with van der Waals surface area (Å²) in [6.07, 6.45) is 1.13. The molecule has 0 heterocycles. The fraction of sp³-hybridized carbons (Fsp3) is 0.600. The summed E-state index contributed by atoms with van der Waals surface area (Å²) in [5.74, 6) is 2.28. The molecule has 0 amide bonds. The predicted octanol–water partition coefficient (Wildman–Crippen LogP) is 3.33. The molecule has 0 aromatic heterocycles. The summed E-state index contributed by atoms with van der Waals surface area (Å²) < 4.78 is 5.06. The third kappa shape index (κ3) is 5.01. The summed E-state index contributed by atoms with van der Waals surface area (Å²) in [5.41, 5.74) is 4.12. The van der Waals surface area contributed by atoms with Gasteiger partial charge in [-0.25, -0.2) is 0 Å². The number of methoxy groups -OCH3 is 1. The van der Waals surface area contributed by atoms with Gasteiger partial charge in [-0.1, -0.05) is 18.2 Å². The summed E-state index contributed by atoms with van der Waals surface area (Å²) in [5, 5.41) is 3.40. The molecule has 0 aliphatic carbocycles. The Kier molecular flexibility index (Phi) is 7.40. The van der Waals surface area contributed by atoms with E-state index in [4.69, 9.17) is 4.74 Å². The van der Waals surface area contributed by atoms with Crippen LogP contribution >= 0.6 is 11.8 Å². The molecule has 0 radical (unpaired) electrons. The van der Waals surface area contributed by atoms with E-state index in [0.29, 0.717) is 6.04 Å². The molecule has 2 nitrogen and oxygen atoms in total. The molecule has 1 atom stereocenters. The quantitative estimate of drug-likeness (QED) is 0.730. The molecule has 0 spiro atoms. The van der Waals surface area contributed by atoms with E-state index in [9.17, 15) is 0 Å². The SMILES string of the molecule is CNC(CSCCCOC)c1ccc(C)c(C)c1. The van der Waals surface area contributed by atoms with Crippen molar-refractivity contribution in [1.82, 2.24) is 5.32 Å². The summed E-state index contributed by atoms with van der Waals surface area (Å²) in [7, 11) is 3.80. The third-order valence-electron chi connectivity index (χ3n) is 3.20. The Balaban J connectivity index is 2.47. The van der Waals surface area contributed by atoms with Crippen LogP contribution in [0.2, 0.25) is 0 Å². The Morgan fingerprint density at radius 1 is 1.28 bits per heavy atom. The van der Waals surface area contributed by atoms with Crippen LogP contribution in [0.15, 0.2) is 18.2 Å². The van der Waals surface area contributed by atoms with Crippen molar-refractivity contribution in [3.05, 3.63) is 34.9 Å². The largest absolute Gasteiger partial charge is 0.385 e. The molecular formula is C15H25NOS. The molecule has 1 unspecified atom stereocenters. The number of benzene rings is 1. The Labute approximate surface area is 116 Å². The van der Waals surface area contributed by atoms with E-state index < -0.39 is 0 Å². The van der Waals surface area contributed by atoms with Crippen LogP contribution in [-0.2, 0) is 4.74 Å². The zero-order chi connectivity index (χ0) is 13.4. The maximum Gasteiger partial charge on any atom is 0.0470 e. The lowest BCUT2D eigenvalue weighted by atomic mass is 10.0. The highest BCUT2D eigenvalue weighted by atomic mass is 32.2. The van der Waals surface area contributed by atoms with Crippen molar-refractivity contribution in [3.63, 3.8) is 0 Å². The molecule has 0 aliphatic heterocycles. The van der Waals surface area contributed by atoms with Gasteiger partial charge < -0.3 is 10.1 Å². The maximum absolute atomic E-state index is 5.06. The molecular weight excluding hydrogens is 242 g/mol. The maximum atomic E-state index is 5.06. The molecule has 0 saturated heterocycles. The highest BCUT2D eigenvalue weighted by Crippen LogP contribution is 2.21. The van der Waals surface area contributed by atoms with Crippen molar-refractivity contribution in [1.29, 1.82) is 0 Å². The van der Waals surface area contributed by atoms with Crippen LogP contribution in [0.4, 0.5) is 0 Å². The van der Waals surface area contributed by atoms with E-state index in [1.807, 2.05) is 18.8 Å². The predicted molar refractivity (Wildman–Crippen MR) is 81.5 cm³/mol. The van der Waals surface area contributed by atoms with E-state index in [0.717, 1.165) is 24.5 Å². The van der Waals surface area contributed by atoms with Gasteiger partial charge in [-0.2, -0.15) is 11.8 Å². The Bertz CT molecular complexity index is 354. The molecule has 0 bridgehead atoms. The van der Waals surface area contributed by atoms with Gasteiger partial charge in [0, 0.05) is 25.5 Å². The van der Waals surface area contributed by atoms with E-state index in [-0.39, 0.29) is 0 Å². The number of nitrogens with one attached hydrogen (secondary N) is 1. The molecule has 0 fully saturated rings. The van der Waals surface area contributed by atoms with Gasteiger partial charge in [0.25, 0.3) is 0 Å². The molecule has 1 N–H and O–H groups in total. The van der Waals surface area contributed by atoms with Gasteiger partial charge in [0.05, 0.1) is 0 Å². The average molecular weight is 267 g/mol. The van der Waals surface area contributed by atoms with Gasteiger partial charge in [0.15, 0.2) is 0 Å². The Hall–Kier alpha value is -0.510. The van der Waals surface area contributed by atoms with Gasteiger partial charge >= 0.3 is 0 Å². The van der Waals surface area contributed by atoms with Crippen LogP contribution in [0.25, 0.3) is 0 Å². The van der Waals surface area contributed by atoms with Crippen LogP contribution in [0.1, 0.15) is 29.2 Å². The second-order valence-electron chi connectivity index (χ2n) is 4.61. The number of hydrogen-bond acceptors (Lipinski definition) is 3. The summed E-state index contributed by atoms with van der Waals surface area (Å²) in [6, 6.07) is 7.19. The first-order chi connectivity index (χ1) is 8.69. The lowest BCUT2D eigenvalue weighted by Gasteiger charge is -2.17. The number of ether oxygens (including phenoxy) is 1. The van der Waals surface area contributed by atoms with E-state index in [1.165, 1.54) is 16.7 Å². The monoisotopic (exact) mass is 267 g/mol. The van der Waals surface area contributed by atoms with Crippen molar-refractivity contribution >= 4 is 11.8 Å². The number of hydrogen-bond donors (Lipinski definition) is 1. The number of aryl methyl sites for hydroxylation is 2. The zero-order valence-corrected chi connectivity index (χ0v) is 12.8. The van der Waals surface area contributed by atoms with Crippen LogP contribution in [-0.4, -0.2) is 32.3 Å². The second-order valence-corrected chi connectivity index (χ2v) is 5.76. The first-order valence-electron chi connectivity index (χ1n) is 6.50. The van der Waals surface area contributed by atoms with Crippen LogP contribution in [0.5, 0.6) is 0 Å². The van der Waals surface area contributed by atoms with Crippen molar-refractivity contribution in [2.45, 2.75) is 26.3 Å². The van der Waals surface area contributed by atoms with Crippen LogP contribution < -0.4 is 5.32 Å². The first-order valence-corrected chi connectivity index (χ1v) is 7.65. The summed E-state index contributed by atoms with van der Waals surface area (Å²) in [6.45, 7) is 5.20. The van der Waals surface area contributed by atoms with E-state index >= 15 is 0 Å². The standard InChI is InChI=1S/C15H25NOS/c1-12-6-7-14(10-13(12)2)15(16-3)11-18-9-5-8-17-4/h6-7,10,15-16H,5,8-9,11H2,1-4H3. The molecule has 1 aromatic rings. The Morgan fingerprint density at radius 2 is 2.06 bits per heavy atom. The zero-order valence-electron chi connectivity index (χ0n) is 12.0. The molecule has 102 valence electrons. The molecule has 18 heavy (non-hydrogen) atoms. The normalized spacial score (nSPS) is 12.7. The summed E-state index contributed by atoms with van der Waals surface area (Å²) in [4.78, 5) is 0. The van der Waals surface area contributed by atoms with Crippen molar-refractivity contribution < 1.29 is 4.74 Å². The third-order valence-corrected chi connectivity index (χ3v) is 4.35. The molecule has 1 rings (SSSR count). The van der Waals surface area contributed by atoms with Crippen molar-refractivity contribution in [2.75, 3.05) is 32.3 Å². The van der Waals surface area contributed by atoms with Gasteiger partial charge in [0.2, 0.25) is 0 Å². The minimum absolute atomic E-state index is 0.442. The van der Waals surface area contributed by atoms with Gasteiger partial charge in [-0.15, -0.1) is 0 Å². The fourth-order valence-electron chi connectivity index (χ4n) is 1.83. The van der Waals surface area contributed by atoms with Crippen molar-refractivity contribution in [3.8, 4) is 0 Å². The van der Waals surface area contributed by atoms with Crippen LogP contribution in [0, 0.1) is 13.8 Å². The molecule has 1 aromatic carbocycles. The van der Waals surface area contributed by atoms with Gasteiger partial charge in [-0.3, -0.25) is 0 Å². The molecule has 3 heteroatoms. The second kappa shape index (κ2) is 8.57. The van der Waals surface area contributed by atoms with E-state index in [1.54, 1.807) is 7.11 Å². The van der Waals surface area contributed by atoms with Crippen LogP contribution in [0.3, 0.4) is 0 Å². The van der Waals surface area contributed by atoms with E-state index in [2.05, 4.69) is 37.4 Å². The minimum atomic E-state index is 0.442. The topological polar surface area (TPSA) is 21.3 Å². The van der Waals surface area contributed by atoms with Crippen molar-refractivity contribution in [2.24, 2.45) is 0 Å². The van der Waals surface area contributed by atoms with Gasteiger partial charge in [0.1, 0.15) is 0 Å².